The molecule has 1 N–H and O–H groups in total. The average molecular weight is 441 g/mol. The summed E-state index contributed by atoms with van der Waals surface area (Å²) in [7, 11) is 1.24. The highest BCUT2D eigenvalue weighted by molar-refractivity contribution is 14.2. The van der Waals surface area contributed by atoms with Gasteiger partial charge in [-0.15, -0.1) is 0 Å². The molecule has 0 heterocycles. The molecule has 24 heavy (non-hydrogen) atoms. The van der Waals surface area contributed by atoms with Crippen molar-refractivity contribution in [2.45, 2.75) is 12.5 Å². The predicted molar refractivity (Wildman–Crippen MR) is 93.9 cm³/mol. The van der Waals surface area contributed by atoms with Gasteiger partial charge in [0.15, 0.2) is 0 Å². The van der Waals surface area contributed by atoms with E-state index in [0.717, 1.165) is 5.56 Å². The van der Waals surface area contributed by atoms with Gasteiger partial charge in [-0.25, -0.2) is 10.9 Å². The number of amides is 1. The number of hydrogen-bond acceptors (Lipinski definition) is 5. The summed E-state index contributed by atoms with van der Waals surface area (Å²) in [5, 5.41) is 2.56. The van der Waals surface area contributed by atoms with Gasteiger partial charge >= 0.3 is 25.8 Å². The average Bonchev–Trinajstić information content (AvgIpc) is 2.61. The molecule has 0 aromatic heterocycles. The number of rotatable bonds is 6. The Balaban J connectivity index is 2.23. The van der Waals surface area contributed by atoms with E-state index >= 15 is 0 Å². The quantitative estimate of drug-likeness (QED) is 0.550. The van der Waals surface area contributed by atoms with E-state index in [1.807, 2.05) is 30.3 Å². The maximum Gasteiger partial charge on any atom is 0.341 e. The van der Waals surface area contributed by atoms with Crippen LogP contribution in [-0.4, -0.2) is 25.0 Å². The van der Waals surface area contributed by atoms with Gasteiger partial charge in [0.2, 0.25) is 0 Å². The van der Waals surface area contributed by atoms with E-state index in [4.69, 9.17) is 4.74 Å². The van der Waals surface area contributed by atoms with Crippen LogP contribution >= 0.6 is 19.8 Å². The zero-order valence-corrected chi connectivity index (χ0v) is 15.1. The van der Waals surface area contributed by atoms with Crippen molar-refractivity contribution in [3.63, 3.8) is 0 Å². The zero-order chi connectivity index (χ0) is 17.5. The molecule has 0 unspecified atom stereocenters. The third-order valence-corrected chi connectivity index (χ3v) is 5.25. The fourth-order valence-electron chi connectivity index (χ4n) is 2.20. The summed E-state index contributed by atoms with van der Waals surface area (Å²) in [6.07, 6.45) is 0.249. The van der Waals surface area contributed by atoms with Crippen LogP contribution in [0.25, 0.3) is 0 Å². The lowest BCUT2D eigenvalue weighted by molar-refractivity contribution is -0.142. The minimum atomic E-state index is -3.82. The minimum Gasteiger partial charge on any atom is -0.467 e. The van der Waals surface area contributed by atoms with Crippen molar-refractivity contribution in [3.8, 4) is 0 Å². The monoisotopic (exact) mass is 441 g/mol. The van der Waals surface area contributed by atoms with Crippen molar-refractivity contribution in [2.24, 2.45) is 0 Å². The van der Waals surface area contributed by atoms with E-state index in [0.29, 0.717) is 0 Å². The Labute approximate surface area is 146 Å². The van der Waals surface area contributed by atoms with Crippen LogP contribution in [0.4, 0.5) is 0 Å². The molecule has 0 bridgehead atoms. The number of nitrogens with one attached hydrogen (secondary N) is 1. The van der Waals surface area contributed by atoms with Gasteiger partial charge in [-0.1, -0.05) is 42.5 Å². The second-order valence-electron chi connectivity index (χ2n) is 4.94. The lowest BCUT2D eigenvalue weighted by atomic mass is 10.1. The summed E-state index contributed by atoms with van der Waals surface area (Å²) >= 11 is -3.82. The maximum absolute atomic E-state index is 12.4. The van der Waals surface area contributed by atoms with Crippen LogP contribution in [-0.2, 0) is 22.1 Å². The molecule has 0 saturated heterocycles. The van der Waals surface area contributed by atoms with Crippen molar-refractivity contribution in [2.75, 3.05) is 7.11 Å². The molecule has 0 fully saturated rings. The number of hydrogen-bond donors (Lipinski definition) is 1. The molecule has 126 valence electrons. The van der Waals surface area contributed by atoms with Crippen LogP contribution in [0.3, 0.4) is 0 Å². The SMILES string of the molecule is COC(=O)[C@H](Cc1ccccc1)NC(=O)c1ccccc1I(=O)=O. The number of methoxy groups -OCH3 is 1. The summed E-state index contributed by atoms with van der Waals surface area (Å²) < 4.78 is 27.4. The summed E-state index contributed by atoms with van der Waals surface area (Å²) in [6.45, 7) is 0. The maximum atomic E-state index is 12.4. The molecule has 1 amide bonds. The molecule has 0 spiro atoms. The molecule has 0 saturated carbocycles. The summed E-state index contributed by atoms with van der Waals surface area (Å²) in [4.78, 5) is 24.4. The highest BCUT2D eigenvalue weighted by Crippen LogP contribution is 2.21. The molecule has 0 radical (unpaired) electrons. The third kappa shape index (κ3) is 4.60. The lowest BCUT2D eigenvalue weighted by Crippen LogP contribution is -2.43. The van der Waals surface area contributed by atoms with E-state index in [1.165, 1.54) is 19.2 Å². The number of esters is 1. The topological polar surface area (TPSA) is 89.5 Å². The summed E-state index contributed by atoms with van der Waals surface area (Å²) in [5.74, 6) is -1.21. The first kappa shape index (κ1) is 18.1. The van der Waals surface area contributed by atoms with Gasteiger partial charge in [0.05, 0.1) is 16.2 Å². The molecule has 2 aromatic rings. The second-order valence-corrected chi connectivity index (χ2v) is 7.34. The molecule has 2 aromatic carbocycles. The van der Waals surface area contributed by atoms with Gasteiger partial charge in [-0.2, -0.15) is 0 Å². The van der Waals surface area contributed by atoms with Gasteiger partial charge in [0.1, 0.15) is 6.04 Å². The standard InChI is InChI=1S/C17H16INO5/c1-24-17(21)15(11-12-7-3-2-4-8-12)19-16(20)13-9-5-6-10-14(13)18(22)23/h2-10,15H,11H2,1H3,(H,19,20)/t15-/m0/s1. The van der Waals surface area contributed by atoms with E-state index in [1.54, 1.807) is 12.1 Å². The molecule has 2 rings (SSSR count). The molecule has 0 aliphatic carbocycles. The van der Waals surface area contributed by atoms with Crippen LogP contribution in [0.15, 0.2) is 54.6 Å². The first-order valence-electron chi connectivity index (χ1n) is 7.10. The fraction of sp³-hybridized carbons (Fsp3) is 0.176. The Bertz CT molecular complexity index is 794. The highest BCUT2D eigenvalue weighted by Gasteiger charge is 2.24. The van der Waals surface area contributed by atoms with E-state index in [-0.39, 0.29) is 15.6 Å². The predicted octanol–water partition coefficient (Wildman–Crippen LogP) is 2.57. The number of ether oxygens (including phenoxy) is 1. The van der Waals surface area contributed by atoms with Crippen molar-refractivity contribution in [1.29, 1.82) is 0 Å². The Morgan fingerprint density at radius 1 is 1.04 bits per heavy atom. The lowest BCUT2D eigenvalue weighted by Gasteiger charge is -2.17. The van der Waals surface area contributed by atoms with Crippen LogP contribution in [0.5, 0.6) is 0 Å². The fourth-order valence-corrected chi connectivity index (χ4v) is 3.60. The molecule has 1 atom stereocenters. The van der Waals surface area contributed by atoms with Crippen LogP contribution in [0.2, 0.25) is 0 Å². The summed E-state index contributed by atoms with van der Waals surface area (Å²) in [6, 6.07) is 14.2. The molecule has 0 aliphatic heterocycles. The Kier molecular flexibility index (Phi) is 6.42. The number of carbonyl (C=O) groups is 2. The van der Waals surface area contributed by atoms with Crippen LogP contribution < -0.4 is 5.32 Å². The van der Waals surface area contributed by atoms with Crippen LogP contribution in [0, 0.1) is 3.57 Å². The van der Waals surface area contributed by atoms with Gasteiger partial charge in [0, 0.05) is 6.42 Å². The first-order valence-corrected chi connectivity index (χ1v) is 9.94. The largest absolute Gasteiger partial charge is 0.467 e. The molecular formula is C17H16INO5. The number of halogens is 1. The van der Waals surface area contributed by atoms with Gasteiger partial charge in [0.25, 0.3) is 5.91 Å². The van der Waals surface area contributed by atoms with Crippen LogP contribution in [0.1, 0.15) is 15.9 Å². The van der Waals surface area contributed by atoms with Crippen molar-refractivity contribution >= 4 is 31.7 Å². The van der Waals surface area contributed by atoms with Gasteiger partial charge in [-0.05, 0) is 17.7 Å². The van der Waals surface area contributed by atoms with E-state index in [2.05, 4.69) is 5.32 Å². The zero-order valence-electron chi connectivity index (χ0n) is 12.9. The van der Waals surface area contributed by atoms with E-state index < -0.39 is 37.7 Å². The first-order chi connectivity index (χ1) is 11.5. The Hall–Kier alpha value is -2.29. The highest BCUT2D eigenvalue weighted by atomic mass is 127. The minimum absolute atomic E-state index is 0.00234. The van der Waals surface area contributed by atoms with E-state index in [9.17, 15) is 15.7 Å². The smallest absolute Gasteiger partial charge is 0.341 e. The summed E-state index contributed by atoms with van der Waals surface area (Å²) in [5.41, 5.74) is 0.886. The normalized spacial score (nSPS) is 11.8. The molecule has 6 nitrogen and oxygen atoms in total. The molecule has 0 aliphatic rings. The third-order valence-electron chi connectivity index (χ3n) is 3.36. The number of carbonyl (C=O) groups excluding carboxylic acids is 2. The Morgan fingerprint density at radius 2 is 1.67 bits per heavy atom. The Morgan fingerprint density at radius 3 is 2.29 bits per heavy atom. The van der Waals surface area contributed by atoms with Crippen molar-refractivity contribution in [3.05, 3.63) is 69.3 Å². The van der Waals surface area contributed by atoms with Gasteiger partial charge < -0.3 is 10.1 Å². The molecule has 7 heteroatoms. The number of benzene rings is 2. The van der Waals surface area contributed by atoms with Crippen molar-refractivity contribution in [1.82, 2.24) is 5.32 Å². The second kappa shape index (κ2) is 8.53. The van der Waals surface area contributed by atoms with Gasteiger partial charge in [-0.3, -0.25) is 4.79 Å². The molecular weight excluding hydrogens is 425 g/mol. The van der Waals surface area contributed by atoms with Crippen molar-refractivity contribution < 1.29 is 20.5 Å².